The third kappa shape index (κ3) is 6.39. The average molecular weight is 516 g/mol. The summed E-state index contributed by atoms with van der Waals surface area (Å²) in [6.07, 6.45) is 8.06. The van der Waals surface area contributed by atoms with Crippen molar-refractivity contribution in [2.45, 2.75) is 51.3 Å². The molecule has 4 rings (SSSR count). The van der Waals surface area contributed by atoms with Gasteiger partial charge < -0.3 is 20.2 Å². The first-order valence-electron chi connectivity index (χ1n) is 12.7. The molecule has 10 nitrogen and oxygen atoms in total. The highest BCUT2D eigenvalue weighted by atomic mass is 32.2. The maximum Gasteiger partial charge on any atom is 0.247 e. The molecule has 0 radical (unpaired) electrons. The number of fused-ring (bicyclic) bond motifs is 1. The van der Waals surface area contributed by atoms with Crippen LogP contribution in [-0.4, -0.2) is 84.2 Å². The van der Waals surface area contributed by atoms with Crippen molar-refractivity contribution in [1.29, 1.82) is 0 Å². The lowest BCUT2D eigenvalue weighted by Gasteiger charge is -2.29. The van der Waals surface area contributed by atoms with Gasteiger partial charge in [-0.1, -0.05) is 12.2 Å². The molecule has 1 saturated heterocycles. The van der Waals surface area contributed by atoms with Crippen LogP contribution in [0.4, 0.5) is 11.6 Å². The molecule has 2 heterocycles. The van der Waals surface area contributed by atoms with Gasteiger partial charge in [0.25, 0.3) is 0 Å². The average Bonchev–Trinajstić information content (AvgIpc) is 3.36. The Hall–Kier alpha value is -2.60. The van der Waals surface area contributed by atoms with Gasteiger partial charge in [0.15, 0.2) is 0 Å². The Balaban J connectivity index is 1.38. The quantitative estimate of drug-likeness (QED) is 0.413. The zero-order valence-corrected chi connectivity index (χ0v) is 22.1. The lowest BCUT2D eigenvalue weighted by molar-refractivity contribution is 0.299. The number of likely N-dealkylation sites (tertiary alicyclic amines) is 1. The van der Waals surface area contributed by atoms with Gasteiger partial charge in [0.1, 0.15) is 5.52 Å². The Labute approximate surface area is 213 Å². The molecule has 1 aromatic heterocycles. The topological polar surface area (TPSA) is 124 Å². The molecule has 36 heavy (non-hydrogen) atoms. The van der Waals surface area contributed by atoms with Crippen LogP contribution >= 0.6 is 0 Å². The second-order valence-electron chi connectivity index (χ2n) is 9.68. The summed E-state index contributed by atoms with van der Waals surface area (Å²) in [5, 5.41) is 20.6. The number of benzene rings is 1. The van der Waals surface area contributed by atoms with Crippen LogP contribution in [0.3, 0.4) is 0 Å². The number of hydrogen-bond acceptors (Lipinski definition) is 9. The first-order valence-corrected chi connectivity index (χ1v) is 14.2. The van der Waals surface area contributed by atoms with Gasteiger partial charge >= 0.3 is 0 Å². The molecule has 3 N–H and O–H groups in total. The number of rotatable bonds is 11. The fraction of sp³-hybridized carbons (Fsp3) is 0.560. The minimum atomic E-state index is -3.43. The lowest BCUT2D eigenvalue weighted by Crippen LogP contribution is -2.38. The normalized spacial score (nSPS) is 18.7. The number of allylic oxidation sites excluding steroid dienone is 2. The van der Waals surface area contributed by atoms with E-state index in [-0.39, 0.29) is 12.6 Å². The minimum absolute atomic E-state index is 0.0713. The molecule has 1 aliphatic carbocycles. The van der Waals surface area contributed by atoms with E-state index in [1.54, 1.807) is 12.2 Å². The largest absolute Gasteiger partial charge is 0.395 e. The highest BCUT2D eigenvalue weighted by Gasteiger charge is 2.24. The Morgan fingerprint density at radius 3 is 2.64 bits per heavy atom. The number of hydrogen-bond donors (Lipinski definition) is 3. The van der Waals surface area contributed by atoms with Gasteiger partial charge in [-0.05, 0) is 76.9 Å². The van der Waals surface area contributed by atoms with Crippen LogP contribution in [0.15, 0.2) is 36.1 Å². The second-order valence-corrected chi connectivity index (χ2v) is 11.7. The fourth-order valence-corrected chi connectivity index (χ4v) is 5.94. The van der Waals surface area contributed by atoms with Crippen molar-refractivity contribution in [2.24, 2.45) is 0 Å². The maximum absolute atomic E-state index is 12.7. The smallest absolute Gasteiger partial charge is 0.247 e. The van der Waals surface area contributed by atoms with E-state index >= 15 is 0 Å². The molecule has 196 valence electrons. The summed E-state index contributed by atoms with van der Waals surface area (Å²) in [6.45, 7) is 10.1. The molecule has 0 bridgehead atoms. The van der Waals surface area contributed by atoms with Gasteiger partial charge in [-0.3, -0.25) is 0 Å². The Kier molecular flexibility index (Phi) is 8.55. The van der Waals surface area contributed by atoms with Crippen molar-refractivity contribution in [1.82, 2.24) is 24.8 Å². The summed E-state index contributed by atoms with van der Waals surface area (Å²) < 4.78 is 28.1. The second kappa shape index (κ2) is 11.6. The molecule has 1 aromatic carbocycles. The number of aryl methyl sites for hydroxylation is 1. The molecule has 0 saturated carbocycles. The number of anilines is 2. The van der Waals surface area contributed by atoms with Crippen molar-refractivity contribution in [3.05, 3.63) is 41.6 Å². The third-order valence-electron chi connectivity index (χ3n) is 6.69. The molecule has 1 aliphatic heterocycles. The Bertz CT molecular complexity index is 1220. The Morgan fingerprint density at radius 1 is 1.19 bits per heavy atom. The number of sulfonamides is 1. The van der Waals surface area contributed by atoms with E-state index in [9.17, 15) is 13.5 Å². The molecular weight excluding hydrogens is 478 g/mol. The van der Waals surface area contributed by atoms with Crippen LogP contribution in [0.1, 0.15) is 38.7 Å². The number of nitrogens with one attached hydrogen (secondary N) is 2. The van der Waals surface area contributed by atoms with E-state index in [1.165, 1.54) is 12.8 Å². The number of aromatic nitrogens is 3. The first kappa shape index (κ1) is 26.5. The van der Waals surface area contributed by atoms with E-state index in [0.717, 1.165) is 36.6 Å². The molecule has 1 unspecified atom stereocenters. The van der Waals surface area contributed by atoms with Crippen LogP contribution in [0.5, 0.6) is 0 Å². The third-order valence-corrected chi connectivity index (χ3v) is 8.44. The number of aliphatic hydroxyl groups excluding tert-OH is 1. The summed E-state index contributed by atoms with van der Waals surface area (Å²) in [7, 11) is -3.43. The van der Waals surface area contributed by atoms with E-state index in [0.29, 0.717) is 36.5 Å². The molecule has 2 aromatic rings. The summed E-state index contributed by atoms with van der Waals surface area (Å²) >= 11 is 0. The summed E-state index contributed by atoms with van der Waals surface area (Å²) in [6, 6.07) is 4.16. The van der Waals surface area contributed by atoms with E-state index in [2.05, 4.69) is 48.9 Å². The zero-order valence-electron chi connectivity index (χ0n) is 21.3. The van der Waals surface area contributed by atoms with Gasteiger partial charge in [0.05, 0.1) is 17.4 Å². The molecule has 1 atom stereocenters. The van der Waals surface area contributed by atoms with Gasteiger partial charge in [0.2, 0.25) is 16.0 Å². The summed E-state index contributed by atoms with van der Waals surface area (Å²) in [5.74, 6) is 0.353. The van der Waals surface area contributed by atoms with Crippen molar-refractivity contribution in [3.8, 4) is 0 Å². The van der Waals surface area contributed by atoms with Crippen LogP contribution < -0.4 is 14.9 Å². The van der Waals surface area contributed by atoms with Crippen LogP contribution in [0.2, 0.25) is 0 Å². The molecular formula is C25H37N7O3S. The fourth-order valence-electron chi connectivity index (χ4n) is 4.72. The van der Waals surface area contributed by atoms with Crippen molar-refractivity contribution < 1.29 is 13.5 Å². The van der Waals surface area contributed by atoms with Crippen LogP contribution in [0.25, 0.3) is 11.0 Å². The first-order chi connectivity index (χ1) is 17.3. The van der Waals surface area contributed by atoms with E-state index in [4.69, 9.17) is 0 Å². The predicted octanol–water partition coefficient (Wildman–Crippen LogP) is 2.18. The standard InChI is InChI=1S/C25H37N7O3S/c1-18(2)32(14-15-33)24-17-23-22(16-19(24)3)28-25(30-29-23)27-20-6-8-21(9-7-20)36(34,35)26-10-13-31-11-4-5-12-31/h6-8,16-18,21,26,33H,4-5,9-15H2,1-3H3,(H,27,28,30). The highest BCUT2D eigenvalue weighted by molar-refractivity contribution is 7.90. The van der Waals surface area contributed by atoms with Gasteiger partial charge in [0, 0.05) is 37.1 Å². The van der Waals surface area contributed by atoms with E-state index < -0.39 is 15.3 Å². The van der Waals surface area contributed by atoms with Gasteiger partial charge in [-0.15, -0.1) is 10.2 Å². The minimum Gasteiger partial charge on any atom is -0.395 e. The SMILES string of the molecule is Cc1cc2nc(NC3=CCC(S(=O)(=O)NCCN4CCCC4)C=C3)nnc2cc1N(CCO)C(C)C. The van der Waals surface area contributed by atoms with Crippen molar-refractivity contribution in [3.63, 3.8) is 0 Å². The highest BCUT2D eigenvalue weighted by Crippen LogP contribution is 2.27. The summed E-state index contributed by atoms with van der Waals surface area (Å²) in [5.41, 5.74) is 4.16. The van der Waals surface area contributed by atoms with E-state index in [1.807, 2.05) is 25.1 Å². The molecule has 0 spiro atoms. The monoisotopic (exact) mass is 515 g/mol. The maximum atomic E-state index is 12.7. The van der Waals surface area contributed by atoms with Crippen molar-refractivity contribution >= 4 is 32.7 Å². The molecule has 0 amide bonds. The zero-order chi connectivity index (χ0) is 25.7. The molecule has 2 aliphatic rings. The van der Waals surface area contributed by atoms with Gasteiger partial charge in [-0.2, -0.15) is 0 Å². The van der Waals surface area contributed by atoms with Crippen LogP contribution in [-0.2, 0) is 10.0 Å². The van der Waals surface area contributed by atoms with Crippen LogP contribution in [0, 0.1) is 6.92 Å². The van der Waals surface area contributed by atoms with Gasteiger partial charge in [-0.25, -0.2) is 18.1 Å². The number of aliphatic hydroxyl groups is 1. The summed E-state index contributed by atoms with van der Waals surface area (Å²) in [4.78, 5) is 9.02. The molecule has 1 fully saturated rings. The Morgan fingerprint density at radius 2 is 1.97 bits per heavy atom. The lowest BCUT2D eigenvalue weighted by atomic mass is 10.1. The molecule has 11 heteroatoms. The predicted molar refractivity (Wildman–Crippen MR) is 143 cm³/mol. The van der Waals surface area contributed by atoms with Crippen molar-refractivity contribution in [2.75, 3.05) is 49.5 Å². The number of nitrogens with zero attached hydrogens (tertiary/aromatic N) is 5.